The Morgan fingerprint density at radius 1 is 1.29 bits per heavy atom. The molecule has 2 aliphatic rings. The van der Waals surface area contributed by atoms with Crippen molar-refractivity contribution in [3.8, 4) is 0 Å². The third kappa shape index (κ3) is 3.60. The number of nitrogens with zero attached hydrogens (tertiary/aromatic N) is 1. The van der Waals surface area contributed by atoms with Crippen LogP contribution < -0.4 is 11.1 Å². The van der Waals surface area contributed by atoms with E-state index in [0.29, 0.717) is 12.0 Å². The summed E-state index contributed by atoms with van der Waals surface area (Å²) in [7, 11) is 0. The number of carbonyl (C=O) groups is 1. The first-order valence-corrected chi connectivity index (χ1v) is 6.93. The molecule has 0 radical (unpaired) electrons. The lowest BCUT2D eigenvalue weighted by Crippen LogP contribution is -2.45. The zero-order valence-corrected chi connectivity index (χ0v) is 10.8. The number of hydrogen-bond donors (Lipinski definition) is 2. The van der Waals surface area contributed by atoms with Gasteiger partial charge in [0.05, 0.1) is 0 Å². The van der Waals surface area contributed by atoms with Gasteiger partial charge in [0.25, 0.3) is 0 Å². The molecule has 1 saturated carbocycles. The number of amides is 2. The van der Waals surface area contributed by atoms with E-state index in [1.54, 1.807) is 0 Å². The summed E-state index contributed by atoms with van der Waals surface area (Å²) >= 11 is 0. The van der Waals surface area contributed by atoms with Crippen molar-refractivity contribution >= 4 is 6.03 Å². The molecule has 3 N–H and O–H groups in total. The standard InChI is InChI=1S/C13H25N3O/c1-10-4-6-16(7-5-10)13(17)15-9-11-2-3-12(14)8-11/h10-12H,2-9,14H2,1H3,(H,15,17). The lowest BCUT2D eigenvalue weighted by Gasteiger charge is -2.30. The number of nitrogens with two attached hydrogens (primary N) is 1. The SMILES string of the molecule is CC1CCN(C(=O)NCC2CCC(N)C2)CC1. The fourth-order valence-electron chi connectivity index (χ4n) is 2.85. The van der Waals surface area contributed by atoms with E-state index in [1.165, 1.54) is 6.42 Å². The summed E-state index contributed by atoms with van der Waals surface area (Å²) in [5.41, 5.74) is 5.87. The molecule has 0 aromatic rings. The number of rotatable bonds is 2. The molecule has 17 heavy (non-hydrogen) atoms. The molecular weight excluding hydrogens is 214 g/mol. The molecule has 2 amide bonds. The molecule has 4 nitrogen and oxygen atoms in total. The van der Waals surface area contributed by atoms with Crippen molar-refractivity contribution in [1.82, 2.24) is 10.2 Å². The molecule has 1 aliphatic heterocycles. The van der Waals surface area contributed by atoms with Crippen LogP contribution in [0.3, 0.4) is 0 Å². The van der Waals surface area contributed by atoms with Crippen molar-refractivity contribution in [3.63, 3.8) is 0 Å². The second-order valence-electron chi connectivity index (χ2n) is 5.79. The number of carbonyl (C=O) groups excluding carboxylic acids is 1. The minimum atomic E-state index is 0.123. The molecule has 4 heteroatoms. The molecule has 0 spiro atoms. The van der Waals surface area contributed by atoms with Gasteiger partial charge in [0.15, 0.2) is 0 Å². The Morgan fingerprint density at radius 2 is 2.00 bits per heavy atom. The normalized spacial score (nSPS) is 30.6. The van der Waals surface area contributed by atoms with Gasteiger partial charge in [-0.1, -0.05) is 6.92 Å². The van der Waals surface area contributed by atoms with Crippen LogP contribution in [0, 0.1) is 11.8 Å². The highest BCUT2D eigenvalue weighted by atomic mass is 16.2. The highest BCUT2D eigenvalue weighted by molar-refractivity contribution is 5.74. The van der Waals surface area contributed by atoms with E-state index in [-0.39, 0.29) is 6.03 Å². The number of likely N-dealkylation sites (tertiary alicyclic amines) is 1. The van der Waals surface area contributed by atoms with E-state index in [0.717, 1.165) is 51.2 Å². The van der Waals surface area contributed by atoms with Crippen LogP contribution in [-0.4, -0.2) is 36.6 Å². The number of piperidine rings is 1. The summed E-state index contributed by atoms with van der Waals surface area (Å²) < 4.78 is 0. The van der Waals surface area contributed by atoms with Gasteiger partial charge in [-0.05, 0) is 43.9 Å². The summed E-state index contributed by atoms with van der Waals surface area (Å²) in [6.45, 7) is 4.89. The van der Waals surface area contributed by atoms with E-state index in [1.807, 2.05) is 4.90 Å². The molecule has 1 aliphatic carbocycles. The minimum absolute atomic E-state index is 0.123. The highest BCUT2D eigenvalue weighted by Gasteiger charge is 2.24. The zero-order chi connectivity index (χ0) is 12.3. The number of urea groups is 1. The van der Waals surface area contributed by atoms with Crippen LogP contribution in [0.1, 0.15) is 39.0 Å². The summed E-state index contributed by atoms with van der Waals surface area (Å²) in [4.78, 5) is 13.9. The Hall–Kier alpha value is -0.770. The fraction of sp³-hybridized carbons (Fsp3) is 0.923. The van der Waals surface area contributed by atoms with Crippen LogP contribution in [-0.2, 0) is 0 Å². The largest absolute Gasteiger partial charge is 0.338 e. The van der Waals surface area contributed by atoms with E-state index < -0.39 is 0 Å². The molecule has 0 aromatic carbocycles. The number of nitrogens with one attached hydrogen (secondary N) is 1. The van der Waals surface area contributed by atoms with Crippen LogP contribution in [0.4, 0.5) is 4.79 Å². The van der Waals surface area contributed by atoms with Gasteiger partial charge in [-0.2, -0.15) is 0 Å². The monoisotopic (exact) mass is 239 g/mol. The Morgan fingerprint density at radius 3 is 2.59 bits per heavy atom. The predicted molar refractivity (Wildman–Crippen MR) is 68.7 cm³/mol. The molecule has 2 rings (SSSR count). The molecule has 2 atom stereocenters. The molecule has 0 aromatic heterocycles. The third-order valence-corrected chi connectivity index (χ3v) is 4.19. The first-order valence-electron chi connectivity index (χ1n) is 6.93. The first kappa shape index (κ1) is 12.7. The van der Waals surface area contributed by atoms with E-state index in [4.69, 9.17) is 5.73 Å². The van der Waals surface area contributed by atoms with Crippen molar-refractivity contribution in [3.05, 3.63) is 0 Å². The third-order valence-electron chi connectivity index (χ3n) is 4.19. The van der Waals surface area contributed by atoms with Crippen molar-refractivity contribution in [1.29, 1.82) is 0 Å². The van der Waals surface area contributed by atoms with Gasteiger partial charge in [0.1, 0.15) is 0 Å². The van der Waals surface area contributed by atoms with Gasteiger partial charge >= 0.3 is 6.03 Å². The van der Waals surface area contributed by atoms with Gasteiger partial charge in [0, 0.05) is 25.7 Å². The average Bonchev–Trinajstić information content (AvgIpc) is 2.73. The van der Waals surface area contributed by atoms with Crippen LogP contribution in [0.15, 0.2) is 0 Å². The van der Waals surface area contributed by atoms with Gasteiger partial charge < -0.3 is 16.0 Å². The molecule has 1 heterocycles. The first-order chi connectivity index (χ1) is 8.15. The van der Waals surface area contributed by atoms with Crippen molar-refractivity contribution in [2.24, 2.45) is 17.6 Å². The Bertz CT molecular complexity index is 261. The maximum Gasteiger partial charge on any atom is 0.317 e. The van der Waals surface area contributed by atoms with Crippen LogP contribution in [0.5, 0.6) is 0 Å². The second-order valence-corrected chi connectivity index (χ2v) is 5.79. The Balaban J connectivity index is 1.67. The molecule has 0 bridgehead atoms. The maximum absolute atomic E-state index is 11.9. The summed E-state index contributed by atoms with van der Waals surface area (Å²) in [5, 5.41) is 3.06. The number of hydrogen-bond acceptors (Lipinski definition) is 2. The minimum Gasteiger partial charge on any atom is -0.338 e. The molecule has 98 valence electrons. The summed E-state index contributed by atoms with van der Waals surface area (Å²) in [6.07, 6.45) is 5.63. The second kappa shape index (κ2) is 5.71. The van der Waals surface area contributed by atoms with Gasteiger partial charge in [-0.25, -0.2) is 4.79 Å². The maximum atomic E-state index is 11.9. The van der Waals surface area contributed by atoms with Gasteiger partial charge in [-0.3, -0.25) is 0 Å². The molecule has 1 saturated heterocycles. The molecule has 2 fully saturated rings. The molecule has 2 unspecified atom stereocenters. The van der Waals surface area contributed by atoms with Crippen LogP contribution >= 0.6 is 0 Å². The summed E-state index contributed by atoms with van der Waals surface area (Å²) in [6, 6.07) is 0.477. The van der Waals surface area contributed by atoms with E-state index in [9.17, 15) is 4.79 Å². The molecular formula is C13H25N3O. The van der Waals surface area contributed by atoms with Crippen molar-refractivity contribution < 1.29 is 4.79 Å². The summed E-state index contributed by atoms with van der Waals surface area (Å²) in [5.74, 6) is 1.37. The van der Waals surface area contributed by atoms with Crippen molar-refractivity contribution in [2.45, 2.75) is 45.1 Å². The Labute approximate surface area is 104 Å². The smallest absolute Gasteiger partial charge is 0.317 e. The lowest BCUT2D eigenvalue weighted by molar-refractivity contribution is 0.172. The van der Waals surface area contributed by atoms with Crippen molar-refractivity contribution in [2.75, 3.05) is 19.6 Å². The van der Waals surface area contributed by atoms with Crippen LogP contribution in [0.25, 0.3) is 0 Å². The van der Waals surface area contributed by atoms with Gasteiger partial charge in [0.2, 0.25) is 0 Å². The van der Waals surface area contributed by atoms with E-state index in [2.05, 4.69) is 12.2 Å². The quantitative estimate of drug-likeness (QED) is 0.768. The topological polar surface area (TPSA) is 58.4 Å². The lowest BCUT2D eigenvalue weighted by atomic mass is 10.00. The van der Waals surface area contributed by atoms with Gasteiger partial charge in [-0.15, -0.1) is 0 Å². The highest BCUT2D eigenvalue weighted by Crippen LogP contribution is 2.23. The fourth-order valence-corrected chi connectivity index (χ4v) is 2.85. The van der Waals surface area contributed by atoms with E-state index >= 15 is 0 Å². The predicted octanol–water partition coefficient (Wildman–Crippen LogP) is 1.56. The average molecular weight is 239 g/mol. The zero-order valence-electron chi connectivity index (χ0n) is 10.8. The Kier molecular flexibility index (Phi) is 4.26. The van der Waals surface area contributed by atoms with Crippen LogP contribution in [0.2, 0.25) is 0 Å².